The van der Waals surface area contributed by atoms with Gasteiger partial charge in [-0.15, -0.1) is 0 Å². The quantitative estimate of drug-likeness (QED) is 0.0211. The minimum atomic E-state index is -1.53. The number of aliphatic carboxylic acids is 1. The van der Waals surface area contributed by atoms with Crippen LogP contribution in [0.4, 0.5) is 0 Å². The number of hydrogen-bond donors (Lipinski definition) is 1. The molecule has 0 amide bonds. The summed E-state index contributed by atoms with van der Waals surface area (Å²) in [6, 6.07) is 0. The number of carbonyl (C=O) groups is 3. The zero-order chi connectivity index (χ0) is 66.1. The number of likely N-dealkylation sites (N-methyl/N-ethyl adjacent to an activating group) is 1. The van der Waals surface area contributed by atoms with Gasteiger partial charge in [-0.25, -0.2) is 4.79 Å². The fourth-order valence-electron chi connectivity index (χ4n) is 9.25. The summed E-state index contributed by atoms with van der Waals surface area (Å²) in [5.41, 5.74) is 0. The maximum atomic E-state index is 13.0. The molecule has 0 aliphatic rings. The highest BCUT2D eigenvalue weighted by Crippen LogP contribution is 2.16. The van der Waals surface area contributed by atoms with Gasteiger partial charge in [0, 0.05) is 12.8 Å². The first-order valence-electron chi connectivity index (χ1n) is 35.9. The number of unbranched alkanes of at least 4 members (excludes halogenated alkanes) is 19. The van der Waals surface area contributed by atoms with E-state index in [1.54, 1.807) is 0 Å². The predicted molar refractivity (Wildman–Crippen MR) is 391 cm³/mol. The van der Waals surface area contributed by atoms with Crippen molar-refractivity contribution in [2.24, 2.45) is 0 Å². The zero-order valence-electron chi connectivity index (χ0n) is 58.4. The van der Waals surface area contributed by atoms with Gasteiger partial charge in [0.1, 0.15) is 13.2 Å². The van der Waals surface area contributed by atoms with E-state index < -0.39 is 24.3 Å². The highest BCUT2D eigenvalue weighted by molar-refractivity contribution is 5.71. The molecule has 0 bridgehead atoms. The zero-order valence-corrected chi connectivity index (χ0v) is 58.4. The van der Waals surface area contributed by atoms with Crippen LogP contribution in [0.25, 0.3) is 0 Å². The fraction of sp³-hybridized carbons (Fsp3) is 0.598. The Balaban J connectivity index is 4.20. The molecule has 0 fully saturated rings. The average Bonchev–Trinajstić information content (AvgIpc) is 3.53. The van der Waals surface area contributed by atoms with Crippen molar-refractivity contribution < 1.29 is 42.9 Å². The Morgan fingerprint density at radius 1 is 0.330 bits per heavy atom. The second kappa shape index (κ2) is 70.3. The Hall–Kier alpha value is -5.61. The molecule has 0 aromatic carbocycles. The van der Waals surface area contributed by atoms with Gasteiger partial charge in [0.15, 0.2) is 6.10 Å². The third-order valence-electron chi connectivity index (χ3n) is 14.7. The van der Waals surface area contributed by atoms with Crippen molar-refractivity contribution in [1.29, 1.82) is 0 Å². The van der Waals surface area contributed by atoms with E-state index in [-0.39, 0.29) is 38.6 Å². The molecule has 0 radical (unpaired) electrons. The van der Waals surface area contributed by atoms with Gasteiger partial charge in [-0.3, -0.25) is 9.59 Å². The van der Waals surface area contributed by atoms with Crippen molar-refractivity contribution in [3.8, 4) is 0 Å². The van der Waals surface area contributed by atoms with E-state index in [1.165, 1.54) is 83.5 Å². The van der Waals surface area contributed by atoms with Crippen LogP contribution in [0, 0.1) is 0 Å². The predicted octanol–water partition coefficient (Wildman–Crippen LogP) is 22.8. The van der Waals surface area contributed by atoms with Crippen molar-refractivity contribution in [2.45, 2.75) is 270 Å². The third kappa shape index (κ3) is 71.7. The number of carboxylic acids is 1. The van der Waals surface area contributed by atoms with E-state index in [4.69, 9.17) is 18.9 Å². The summed E-state index contributed by atoms with van der Waals surface area (Å²) in [4.78, 5) is 37.6. The van der Waals surface area contributed by atoms with Crippen molar-refractivity contribution in [3.63, 3.8) is 0 Å². The minimum Gasteiger partial charge on any atom is -0.477 e. The molecule has 0 rings (SSSR count). The second-order valence-corrected chi connectivity index (χ2v) is 24.4. The largest absolute Gasteiger partial charge is 0.477 e. The number of carboxylic acid groups (broad SMARTS) is 1. The molecule has 0 aliphatic heterocycles. The minimum absolute atomic E-state index is 0.176. The van der Waals surface area contributed by atoms with E-state index in [1.807, 2.05) is 21.1 Å². The molecule has 0 aliphatic carbocycles. The summed E-state index contributed by atoms with van der Waals surface area (Å²) in [5.74, 6) is -2.04. The number of nitrogens with zero attached hydrogens (tertiary/aromatic N) is 1. The molecule has 9 heteroatoms. The molecule has 91 heavy (non-hydrogen) atoms. The van der Waals surface area contributed by atoms with Crippen LogP contribution in [-0.2, 0) is 33.3 Å². The first-order valence-corrected chi connectivity index (χ1v) is 35.9. The smallest absolute Gasteiger partial charge is 0.361 e. The molecular formula is C82H132NO8+. The van der Waals surface area contributed by atoms with Crippen LogP contribution < -0.4 is 0 Å². The van der Waals surface area contributed by atoms with E-state index in [0.29, 0.717) is 17.4 Å². The van der Waals surface area contributed by atoms with Gasteiger partial charge < -0.3 is 28.5 Å². The first kappa shape index (κ1) is 85.4. The van der Waals surface area contributed by atoms with Crippen molar-refractivity contribution >= 4 is 17.9 Å². The monoisotopic (exact) mass is 1260 g/mol. The number of rotatable bonds is 64. The van der Waals surface area contributed by atoms with Gasteiger partial charge in [0.2, 0.25) is 0 Å². The van der Waals surface area contributed by atoms with Gasteiger partial charge in [0.05, 0.1) is 34.4 Å². The molecule has 0 saturated heterocycles. The Morgan fingerprint density at radius 2 is 0.593 bits per heavy atom. The highest BCUT2D eigenvalue weighted by Gasteiger charge is 2.25. The molecule has 0 heterocycles. The maximum Gasteiger partial charge on any atom is 0.361 e. The number of carbonyl (C=O) groups excluding carboxylic acids is 2. The number of quaternary nitrogens is 1. The van der Waals surface area contributed by atoms with Crippen LogP contribution in [0.3, 0.4) is 0 Å². The summed E-state index contributed by atoms with van der Waals surface area (Å²) in [6.07, 6.45) is 104. The van der Waals surface area contributed by atoms with Crippen molar-refractivity contribution in [3.05, 3.63) is 182 Å². The van der Waals surface area contributed by atoms with Gasteiger partial charge in [0.25, 0.3) is 6.29 Å². The SMILES string of the molecule is CC/C=C\C/C=C\C/C=C\C/C=C\C/C=C\C/C=C\C/C=C\C/C=C\C/C=C\C/C=C\C/C=C\CCCCCCCCCC(=O)OC(COC(=O)CCCCCCCCCCCCCC/C=C\C/C=C\C/C=C\C/C=C\CC)COC(OCC[N+](C)(C)C)C(=O)O. The van der Waals surface area contributed by atoms with Crippen molar-refractivity contribution in [1.82, 2.24) is 0 Å². The number of esters is 2. The third-order valence-corrected chi connectivity index (χ3v) is 14.7. The summed E-state index contributed by atoms with van der Waals surface area (Å²) in [6.45, 7) is 4.62. The second-order valence-electron chi connectivity index (χ2n) is 24.4. The van der Waals surface area contributed by atoms with Gasteiger partial charge in [-0.2, -0.15) is 0 Å². The van der Waals surface area contributed by atoms with Crippen LogP contribution in [-0.4, -0.2) is 87.4 Å². The van der Waals surface area contributed by atoms with Gasteiger partial charge in [-0.1, -0.05) is 292 Å². The summed E-state index contributed by atoms with van der Waals surface area (Å²) in [5, 5.41) is 9.75. The molecule has 0 saturated carbocycles. The standard InChI is InChI=1S/C82H131NO8/c1-6-8-10-12-14-16-18-20-22-24-26-28-30-32-33-34-35-36-37-38-39-40-41-42-43-44-45-46-47-49-51-53-55-57-59-61-63-65-67-69-71-73-80(85)91-78(77-90-82(81(86)87)88-75-74-83(3,4)5)76-89-79(84)72-70-68-66-64-62-60-58-56-54-52-50-48-31-29-27-25-23-21-19-17-15-13-11-9-7-2/h8-11,14-17,20-23,26-29,32-33,35-36,38-39,41-42,44-45,47,49,53,55,78,82H,6-7,12-13,18-19,24-25,30-31,34,37,40,43,46,48,50-52,54,56-77H2,1-5H3/p+1/b10-8-,11-9-,16-14-,17-15-,22-20-,23-21-,28-26-,29-27-,33-32-,36-35-,39-38-,42-41-,45-44-,49-47-,55-53-. The molecule has 512 valence electrons. The fourth-order valence-corrected chi connectivity index (χ4v) is 9.25. The summed E-state index contributed by atoms with van der Waals surface area (Å²) >= 11 is 0. The molecule has 1 N–H and O–H groups in total. The molecule has 0 aromatic rings. The Morgan fingerprint density at radius 3 is 0.879 bits per heavy atom. The van der Waals surface area contributed by atoms with E-state index in [0.717, 1.165) is 141 Å². The average molecular weight is 1260 g/mol. The van der Waals surface area contributed by atoms with Crippen LogP contribution >= 0.6 is 0 Å². The van der Waals surface area contributed by atoms with Crippen molar-refractivity contribution in [2.75, 3.05) is 47.5 Å². The van der Waals surface area contributed by atoms with E-state index in [9.17, 15) is 19.5 Å². The first-order chi connectivity index (χ1) is 44.6. The van der Waals surface area contributed by atoms with Gasteiger partial charge >= 0.3 is 17.9 Å². The molecule has 2 unspecified atom stereocenters. The Labute approximate surface area is 558 Å². The van der Waals surface area contributed by atoms with E-state index >= 15 is 0 Å². The lowest BCUT2D eigenvalue weighted by Gasteiger charge is -2.25. The molecule has 0 spiro atoms. The highest BCUT2D eigenvalue weighted by atomic mass is 16.7. The number of allylic oxidation sites excluding steroid dienone is 30. The Bertz CT molecular complexity index is 2150. The molecule has 9 nitrogen and oxygen atoms in total. The van der Waals surface area contributed by atoms with Gasteiger partial charge in [-0.05, 0) is 135 Å². The molecule has 0 aromatic heterocycles. The van der Waals surface area contributed by atoms with Crippen LogP contribution in [0.2, 0.25) is 0 Å². The normalized spacial score (nSPS) is 13.8. The number of hydrogen-bond acceptors (Lipinski definition) is 7. The molecular weight excluding hydrogens is 1130 g/mol. The summed E-state index contributed by atoms with van der Waals surface area (Å²) < 4.78 is 23.0. The topological polar surface area (TPSA) is 108 Å². The lowest BCUT2D eigenvalue weighted by molar-refractivity contribution is -0.870. The lowest BCUT2D eigenvalue weighted by Crippen LogP contribution is -2.40. The maximum absolute atomic E-state index is 13.0. The van der Waals surface area contributed by atoms with Crippen LogP contribution in [0.1, 0.15) is 258 Å². The lowest BCUT2D eigenvalue weighted by atomic mass is 10.0. The Kier molecular flexibility index (Phi) is 65.9. The number of ether oxygens (including phenoxy) is 4. The van der Waals surface area contributed by atoms with Crippen LogP contribution in [0.15, 0.2) is 182 Å². The summed E-state index contributed by atoms with van der Waals surface area (Å²) in [7, 11) is 5.96. The van der Waals surface area contributed by atoms with Crippen LogP contribution in [0.5, 0.6) is 0 Å². The molecule has 2 atom stereocenters. The van der Waals surface area contributed by atoms with E-state index in [2.05, 4.69) is 196 Å².